The van der Waals surface area contributed by atoms with Crippen LogP contribution in [0, 0.1) is 0 Å². The average Bonchev–Trinajstić information content (AvgIpc) is 2.80. The molecule has 0 spiro atoms. The zero-order valence-electron chi connectivity index (χ0n) is 18.0. The number of piperidine rings is 1. The molecule has 1 amide bonds. The number of carbonyl (C=O) groups is 3. The van der Waals surface area contributed by atoms with Gasteiger partial charge in [0.1, 0.15) is 0 Å². The monoisotopic (exact) mass is 458 g/mol. The van der Waals surface area contributed by atoms with Crippen LogP contribution in [0.1, 0.15) is 53.8 Å². The number of benzene rings is 2. The summed E-state index contributed by atoms with van der Waals surface area (Å²) in [6.07, 6.45) is 1.62. The molecule has 1 atom stereocenters. The van der Waals surface area contributed by atoms with Gasteiger partial charge in [0.05, 0.1) is 10.5 Å². The quantitative estimate of drug-likeness (QED) is 0.504. The number of sulfonamides is 1. The van der Waals surface area contributed by atoms with E-state index in [1.54, 1.807) is 24.3 Å². The molecule has 1 saturated heterocycles. The van der Waals surface area contributed by atoms with Crippen LogP contribution in [0.2, 0.25) is 0 Å². The third kappa shape index (κ3) is 5.60. The molecule has 0 aromatic heterocycles. The Morgan fingerprint density at radius 1 is 0.906 bits per heavy atom. The molecule has 9 heteroatoms. The summed E-state index contributed by atoms with van der Waals surface area (Å²) in [7, 11) is -3.59. The number of ether oxygens (including phenoxy) is 1. The van der Waals surface area contributed by atoms with E-state index >= 15 is 0 Å². The van der Waals surface area contributed by atoms with E-state index in [1.807, 2.05) is 0 Å². The number of amides is 1. The lowest BCUT2D eigenvalue weighted by atomic mass is 10.1. The summed E-state index contributed by atoms with van der Waals surface area (Å²) in [5.41, 5.74) is 1.14. The molecule has 3 rings (SSSR count). The molecule has 170 valence electrons. The van der Waals surface area contributed by atoms with Crippen LogP contribution in [0.25, 0.3) is 0 Å². The fourth-order valence-corrected chi connectivity index (χ4v) is 4.85. The molecule has 2 aromatic carbocycles. The van der Waals surface area contributed by atoms with E-state index in [2.05, 4.69) is 5.32 Å². The molecular formula is C23H26N2O6S. The zero-order chi connectivity index (χ0) is 23.3. The van der Waals surface area contributed by atoms with Crippen molar-refractivity contribution >= 4 is 33.4 Å². The lowest BCUT2D eigenvalue weighted by Crippen LogP contribution is -2.35. The molecule has 1 unspecified atom stereocenters. The second-order valence-electron chi connectivity index (χ2n) is 7.66. The summed E-state index contributed by atoms with van der Waals surface area (Å²) in [6, 6.07) is 11.9. The molecule has 2 aromatic rings. The van der Waals surface area contributed by atoms with E-state index in [-0.39, 0.29) is 16.2 Å². The van der Waals surface area contributed by atoms with Gasteiger partial charge < -0.3 is 10.1 Å². The number of Topliss-reactive ketones (excluding diaryl/α,β-unsaturated/α-hetero) is 1. The molecule has 8 nitrogen and oxygen atoms in total. The van der Waals surface area contributed by atoms with Gasteiger partial charge >= 0.3 is 5.97 Å². The van der Waals surface area contributed by atoms with Crippen LogP contribution in [0.4, 0.5) is 5.69 Å². The van der Waals surface area contributed by atoms with Crippen molar-refractivity contribution in [1.82, 2.24) is 4.31 Å². The Balaban J connectivity index is 1.59. The number of hydrogen-bond acceptors (Lipinski definition) is 6. The molecule has 1 fully saturated rings. The van der Waals surface area contributed by atoms with E-state index in [4.69, 9.17) is 4.74 Å². The normalized spacial score (nSPS) is 15.6. The fraction of sp³-hybridized carbons (Fsp3) is 0.348. The molecule has 1 aliphatic heterocycles. The van der Waals surface area contributed by atoms with Crippen molar-refractivity contribution in [3.8, 4) is 0 Å². The maximum atomic E-state index is 12.7. The summed E-state index contributed by atoms with van der Waals surface area (Å²) in [5.74, 6) is -1.35. The van der Waals surface area contributed by atoms with Crippen molar-refractivity contribution < 1.29 is 27.5 Å². The van der Waals surface area contributed by atoms with E-state index in [1.165, 1.54) is 42.4 Å². The molecular weight excluding hydrogens is 432 g/mol. The van der Waals surface area contributed by atoms with Crippen molar-refractivity contribution in [2.45, 2.75) is 44.1 Å². The van der Waals surface area contributed by atoms with Crippen LogP contribution in [0.3, 0.4) is 0 Å². The molecule has 0 aliphatic carbocycles. The lowest BCUT2D eigenvalue weighted by molar-refractivity contribution is -0.123. The molecule has 1 heterocycles. The summed E-state index contributed by atoms with van der Waals surface area (Å²) < 4.78 is 32.1. The van der Waals surface area contributed by atoms with Gasteiger partial charge in [0, 0.05) is 24.3 Å². The van der Waals surface area contributed by atoms with E-state index in [9.17, 15) is 22.8 Å². The van der Waals surface area contributed by atoms with Gasteiger partial charge in [0.25, 0.3) is 5.91 Å². The first-order valence-electron chi connectivity index (χ1n) is 10.4. The van der Waals surface area contributed by atoms with E-state index in [0.717, 1.165) is 19.3 Å². The van der Waals surface area contributed by atoms with Crippen molar-refractivity contribution in [2.24, 2.45) is 0 Å². The molecule has 1 N–H and O–H groups in total. The van der Waals surface area contributed by atoms with Crippen molar-refractivity contribution in [3.05, 3.63) is 59.7 Å². The number of nitrogens with one attached hydrogen (secondary N) is 1. The van der Waals surface area contributed by atoms with Gasteiger partial charge in [-0.15, -0.1) is 0 Å². The first-order valence-corrected chi connectivity index (χ1v) is 11.9. The first-order chi connectivity index (χ1) is 15.2. The summed E-state index contributed by atoms with van der Waals surface area (Å²) in [4.78, 5) is 36.2. The van der Waals surface area contributed by atoms with Gasteiger partial charge in [-0.2, -0.15) is 4.31 Å². The lowest BCUT2D eigenvalue weighted by Gasteiger charge is -2.25. The summed E-state index contributed by atoms with van der Waals surface area (Å²) >= 11 is 0. The van der Waals surface area contributed by atoms with Crippen LogP contribution in [0.15, 0.2) is 53.4 Å². The van der Waals surface area contributed by atoms with E-state index in [0.29, 0.717) is 24.3 Å². The Labute approximate surface area is 187 Å². The minimum absolute atomic E-state index is 0.0834. The van der Waals surface area contributed by atoms with Crippen molar-refractivity contribution in [2.75, 3.05) is 18.4 Å². The van der Waals surface area contributed by atoms with Gasteiger partial charge in [0.2, 0.25) is 10.0 Å². The Bertz CT molecular complexity index is 1090. The highest BCUT2D eigenvalue weighted by molar-refractivity contribution is 7.89. The maximum absolute atomic E-state index is 12.7. The number of esters is 1. The Morgan fingerprint density at radius 3 is 2.03 bits per heavy atom. The second kappa shape index (κ2) is 10.1. The number of ketones is 1. The summed E-state index contributed by atoms with van der Waals surface area (Å²) in [6.45, 7) is 3.88. The molecule has 0 bridgehead atoms. The van der Waals surface area contributed by atoms with Crippen LogP contribution in [-0.4, -0.2) is 49.6 Å². The minimum Gasteiger partial charge on any atom is -0.449 e. The Kier molecular flexibility index (Phi) is 7.42. The van der Waals surface area contributed by atoms with Crippen LogP contribution in [-0.2, 0) is 19.6 Å². The largest absolute Gasteiger partial charge is 0.449 e. The highest BCUT2D eigenvalue weighted by Gasteiger charge is 2.26. The topological polar surface area (TPSA) is 110 Å². The highest BCUT2D eigenvalue weighted by Crippen LogP contribution is 2.21. The molecule has 0 radical (unpaired) electrons. The number of nitrogens with zero attached hydrogens (tertiary/aromatic N) is 1. The minimum atomic E-state index is -3.59. The van der Waals surface area contributed by atoms with Gasteiger partial charge in [-0.1, -0.05) is 6.42 Å². The van der Waals surface area contributed by atoms with Crippen LogP contribution >= 0.6 is 0 Å². The predicted octanol–water partition coefficient (Wildman–Crippen LogP) is 3.25. The third-order valence-corrected chi connectivity index (χ3v) is 7.17. The van der Waals surface area contributed by atoms with Gasteiger partial charge in [-0.05, 0) is 75.2 Å². The van der Waals surface area contributed by atoms with Gasteiger partial charge in [-0.25, -0.2) is 13.2 Å². The molecule has 1 aliphatic rings. The number of hydrogen-bond donors (Lipinski definition) is 1. The van der Waals surface area contributed by atoms with E-state index < -0.39 is 28.0 Å². The number of carbonyl (C=O) groups excluding carboxylic acids is 3. The van der Waals surface area contributed by atoms with Crippen LogP contribution in [0.5, 0.6) is 0 Å². The highest BCUT2D eigenvalue weighted by atomic mass is 32.2. The number of rotatable bonds is 7. The fourth-order valence-electron chi connectivity index (χ4n) is 3.33. The van der Waals surface area contributed by atoms with Gasteiger partial charge in [0.15, 0.2) is 11.9 Å². The number of anilines is 1. The van der Waals surface area contributed by atoms with Crippen molar-refractivity contribution in [3.63, 3.8) is 0 Å². The second-order valence-corrected chi connectivity index (χ2v) is 9.60. The van der Waals surface area contributed by atoms with Gasteiger partial charge in [-0.3, -0.25) is 9.59 Å². The van der Waals surface area contributed by atoms with Crippen LogP contribution < -0.4 is 5.32 Å². The van der Waals surface area contributed by atoms with Crippen molar-refractivity contribution in [1.29, 1.82) is 0 Å². The maximum Gasteiger partial charge on any atom is 0.338 e. The average molecular weight is 459 g/mol. The Morgan fingerprint density at radius 2 is 1.47 bits per heavy atom. The first kappa shape index (κ1) is 23.6. The standard InChI is InChI=1S/C23H26N2O6S/c1-16(26)18-6-10-20(11-7-18)24-22(27)17(2)31-23(28)19-8-12-21(13-9-19)32(29,30)25-14-4-3-5-15-25/h6-13,17H,3-5,14-15H2,1-2H3,(H,24,27). The smallest absolute Gasteiger partial charge is 0.338 e. The molecule has 0 saturated carbocycles. The zero-order valence-corrected chi connectivity index (χ0v) is 18.9. The molecule has 32 heavy (non-hydrogen) atoms. The Hall–Kier alpha value is -3.04. The SMILES string of the molecule is CC(=O)c1ccc(NC(=O)C(C)OC(=O)c2ccc(S(=O)(=O)N3CCCCC3)cc2)cc1. The predicted molar refractivity (Wildman–Crippen MR) is 119 cm³/mol. The summed E-state index contributed by atoms with van der Waals surface area (Å²) in [5, 5.41) is 2.62. The third-order valence-electron chi connectivity index (χ3n) is 5.25.